The van der Waals surface area contributed by atoms with Crippen LogP contribution in [0.5, 0.6) is 0 Å². The van der Waals surface area contributed by atoms with Crippen LogP contribution in [0.2, 0.25) is 0 Å². The number of hydrogen-bond acceptors (Lipinski definition) is 4. The Morgan fingerprint density at radius 2 is 2.21 bits per heavy atom. The van der Waals surface area contributed by atoms with Gasteiger partial charge in [-0.05, 0) is 37.3 Å². The van der Waals surface area contributed by atoms with Crippen molar-refractivity contribution < 1.29 is 9.90 Å². The standard InChI is InChI=1S/C19H29N3O2/c1-15-13-22(14-16-6-2-5-10-20-16)11-7-17(15)21-18(23)12-19(24)8-3-4-9-19/h2,5-6,10,15,17,24H,3-4,7-9,11-14H2,1H3,(H,21,23). The van der Waals surface area contributed by atoms with Gasteiger partial charge in [-0.15, -0.1) is 0 Å². The topological polar surface area (TPSA) is 65.5 Å². The second-order valence-corrected chi connectivity index (χ2v) is 7.60. The second-order valence-electron chi connectivity index (χ2n) is 7.60. The van der Waals surface area contributed by atoms with Crippen molar-refractivity contribution in [3.8, 4) is 0 Å². The molecule has 1 aliphatic heterocycles. The minimum atomic E-state index is -0.757. The molecule has 24 heavy (non-hydrogen) atoms. The van der Waals surface area contributed by atoms with Crippen LogP contribution in [0.1, 0.15) is 51.1 Å². The SMILES string of the molecule is CC1CN(Cc2ccccn2)CCC1NC(=O)CC1(O)CCCC1. The van der Waals surface area contributed by atoms with Crippen LogP contribution in [0, 0.1) is 5.92 Å². The van der Waals surface area contributed by atoms with Crippen molar-refractivity contribution in [2.24, 2.45) is 5.92 Å². The van der Waals surface area contributed by atoms with Crippen LogP contribution in [-0.4, -0.2) is 45.6 Å². The van der Waals surface area contributed by atoms with Crippen molar-refractivity contribution in [2.75, 3.05) is 13.1 Å². The van der Waals surface area contributed by atoms with Crippen LogP contribution in [-0.2, 0) is 11.3 Å². The van der Waals surface area contributed by atoms with E-state index in [1.165, 1.54) is 0 Å². The summed E-state index contributed by atoms with van der Waals surface area (Å²) in [4.78, 5) is 19.1. The average molecular weight is 331 g/mol. The Kier molecular flexibility index (Phi) is 5.51. The molecule has 1 aromatic rings. The fraction of sp³-hybridized carbons (Fsp3) is 0.684. The molecular weight excluding hydrogens is 302 g/mol. The lowest BCUT2D eigenvalue weighted by atomic mass is 9.92. The fourth-order valence-corrected chi connectivity index (χ4v) is 4.08. The number of nitrogens with zero attached hydrogens (tertiary/aromatic N) is 2. The van der Waals surface area contributed by atoms with Gasteiger partial charge in [0.15, 0.2) is 0 Å². The van der Waals surface area contributed by atoms with Crippen molar-refractivity contribution in [1.29, 1.82) is 0 Å². The third-order valence-corrected chi connectivity index (χ3v) is 5.47. The quantitative estimate of drug-likeness (QED) is 0.867. The lowest BCUT2D eigenvalue weighted by Gasteiger charge is -2.37. The molecule has 5 nitrogen and oxygen atoms in total. The highest BCUT2D eigenvalue weighted by Gasteiger charge is 2.35. The minimum absolute atomic E-state index is 0.00873. The normalized spacial score (nSPS) is 27.1. The van der Waals surface area contributed by atoms with Crippen molar-refractivity contribution in [3.05, 3.63) is 30.1 Å². The maximum absolute atomic E-state index is 12.3. The van der Waals surface area contributed by atoms with Gasteiger partial charge in [-0.1, -0.05) is 25.8 Å². The van der Waals surface area contributed by atoms with Crippen LogP contribution in [0.25, 0.3) is 0 Å². The number of amides is 1. The molecule has 2 fully saturated rings. The summed E-state index contributed by atoms with van der Waals surface area (Å²) in [6.07, 6.45) is 6.64. The van der Waals surface area contributed by atoms with E-state index in [2.05, 4.69) is 28.2 Å². The van der Waals surface area contributed by atoms with Gasteiger partial charge in [0, 0.05) is 31.9 Å². The van der Waals surface area contributed by atoms with Crippen LogP contribution in [0.15, 0.2) is 24.4 Å². The molecule has 2 aliphatic rings. The highest BCUT2D eigenvalue weighted by Crippen LogP contribution is 2.32. The monoisotopic (exact) mass is 331 g/mol. The van der Waals surface area contributed by atoms with E-state index in [-0.39, 0.29) is 18.4 Å². The molecule has 2 unspecified atom stereocenters. The molecular formula is C19H29N3O2. The molecule has 5 heteroatoms. The van der Waals surface area contributed by atoms with Crippen molar-refractivity contribution in [1.82, 2.24) is 15.2 Å². The van der Waals surface area contributed by atoms with Crippen LogP contribution >= 0.6 is 0 Å². The Balaban J connectivity index is 1.46. The molecule has 2 heterocycles. The lowest BCUT2D eigenvalue weighted by molar-refractivity contribution is -0.127. The smallest absolute Gasteiger partial charge is 0.223 e. The fourth-order valence-electron chi connectivity index (χ4n) is 4.08. The van der Waals surface area contributed by atoms with Crippen LogP contribution in [0.3, 0.4) is 0 Å². The first kappa shape index (κ1) is 17.4. The van der Waals surface area contributed by atoms with Gasteiger partial charge in [0.05, 0.1) is 17.7 Å². The molecule has 0 radical (unpaired) electrons. The number of carbonyl (C=O) groups is 1. The summed E-state index contributed by atoms with van der Waals surface area (Å²) in [7, 11) is 0. The van der Waals surface area contributed by atoms with E-state index < -0.39 is 5.60 Å². The number of piperidine rings is 1. The molecule has 2 atom stereocenters. The number of nitrogens with one attached hydrogen (secondary N) is 1. The summed E-state index contributed by atoms with van der Waals surface area (Å²) in [5.74, 6) is 0.416. The third kappa shape index (κ3) is 4.54. The highest BCUT2D eigenvalue weighted by molar-refractivity contribution is 5.77. The Morgan fingerprint density at radius 3 is 2.88 bits per heavy atom. The molecule has 2 N–H and O–H groups in total. The van der Waals surface area contributed by atoms with Gasteiger partial charge in [0.25, 0.3) is 0 Å². The number of aliphatic hydroxyl groups is 1. The van der Waals surface area contributed by atoms with E-state index in [9.17, 15) is 9.90 Å². The van der Waals surface area contributed by atoms with Gasteiger partial charge >= 0.3 is 0 Å². The summed E-state index contributed by atoms with van der Waals surface area (Å²) in [5.41, 5.74) is 0.336. The van der Waals surface area contributed by atoms with Crippen molar-refractivity contribution in [3.63, 3.8) is 0 Å². The molecule has 3 rings (SSSR count). The maximum Gasteiger partial charge on any atom is 0.223 e. The van der Waals surface area contributed by atoms with Gasteiger partial charge in [-0.2, -0.15) is 0 Å². The predicted octanol–water partition coefficient (Wildman–Crippen LogP) is 2.10. The Morgan fingerprint density at radius 1 is 1.42 bits per heavy atom. The molecule has 132 valence electrons. The summed E-state index contributed by atoms with van der Waals surface area (Å²) in [6, 6.07) is 6.22. The molecule has 1 saturated heterocycles. The van der Waals surface area contributed by atoms with Crippen molar-refractivity contribution >= 4 is 5.91 Å². The lowest BCUT2D eigenvalue weighted by Crippen LogP contribution is -2.50. The van der Waals surface area contributed by atoms with Crippen LogP contribution in [0.4, 0.5) is 0 Å². The number of pyridine rings is 1. The minimum Gasteiger partial charge on any atom is -0.389 e. The zero-order valence-corrected chi connectivity index (χ0v) is 14.6. The average Bonchev–Trinajstić information content (AvgIpc) is 2.97. The number of aromatic nitrogens is 1. The van der Waals surface area contributed by atoms with Gasteiger partial charge < -0.3 is 10.4 Å². The highest BCUT2D eigenvalue weighted by atomic mass is 16.3. The van der Waals surface area contributed by atoms with Gasteiger partial charge in [0.2, 0.25) is 5.91 Å². The largest absolute Gasteiger partial charge is 0.389 e. The van der Waals surface area contributed by atoms with Crippen LogP contribution < -0.4 is 5.32 Å². The number of carbonyl (C=O) groups excluding carboxylic acids is 1. The van der Waals surface area contributed by atoms with E-state index in [1.54, 1.807) is 0 Å². The Hall–Kier alpha value is -1.46. The zero-order valence-electron chi connectivity index (χ0n) is 14.6. The summed E-state index contributed by atoms with van der Waals surface area (Å²) in [5, 5.41) is 13.6. The molecule has 0 aromatic carbocycles. The van der Waals surface area contributed by atoms with Gasteiger partial charge in [-0.25, -0.2) is 0 Å². The van der Waals surface area contributed by atoms with Crippen molar-refractivity contribution in [2.45, 2.75) is 63.6 Å². The second kappa shape index (κ2) is 7.62. The summed E-state index contributed by atoms with van der Waals surface area (Å²) >= 11 is 0. The first-order chi connectivity index (χ1) is 11.5. The number of likely N-dealkylation sites (tertiary alicyclic amines) is 1. The first-order valence-corrected chi connectivity index (χ1v) is 9.18. The molecule has 1 saturated carbocycles. The number of rotatable bonds is 5. The number of hydrogen-bond donors (Lipinski definition) is 2. The molecule has 0 spiro atoms. The molecule has 1 amide bonds. The molecule has 1 aliphatic carbocycles. The Labute approximate surface area is 144 Å². The maximum atomic E-state index is 12.3. The van der Waals surface area contributed by atoms with E-state index in [0.717, 1.165) is 57.4 Å². The third-order valence-electron chi connectivity index (χ3n) is 5.47. The van der Waals surface area contributed by atoms with E-state index in [1.807, 2.05) is 18.3 Å². The van der Waals surface area contributed by atoms with E-state index in [0.29, 0.717) is 5.92 Å². The van der Waals surface area contributed by atoms with E-state index >= 15 is 0 Å². The van der Waals surface area contributed by atoms with E-state index in [4.69, 9.17) is 0 Å². The zero-order chi connectivity index (χ0) is 17.0. The molecule has 1 aromatic heterocycles. The van der Waals surface area contributed by atoms with Gasteiger partial charge in [0.1, 0.15) is 0 Å². The summed E-state index contributed by atoms with van der Waals surface area (Å²) < 4.78 is 0. The molecule has 0 bridgehead atoms. The predicted molar refractivity (Wildman–Crippen MR) is 93.3 cm³/mol. The summed E-state index contributed by atoms with van der Waals surface area (Å²) in [6.45, 7) is 4.99. The Bertz CT molecular complexity index is 543. The first-order valence-electron chi connectivity index (χ1n) is 9.18. The van der Waals surface area contributed by atoms with Gasteiger partial charge in [-0.3, -0.25) is 14.7 Å².